The molecule has 5 aromatic rings. The summed E-state index contributed by atoms with van der Waals surface area (Å²) >= 11 is 0. The number of benzene rings is 4. The Labute approximate surface area is 180 Å². The largest absolute Gasteiger partial charge is 0.300 e. The first kappa shape index (κ1) is 18.7. The predicted molar refractivity (Wildman–Crippen MR) is 130 cm³/mol. The fourth-order valence-electron chi connectivity index (χ4n) is 3.71. The molecule has 0 atom stereocenters. The lowest BCUT2D eigenvalue weighted by atomic mass is 10.2. The van der Waals surface area contributed by atoms with Gasteiger partial charge in [-0.3, -0.25) is 9.98 Å². The van der Waals surface area contributed by atoms with Gasteiger partial charge in [0.2, 0.25) is 0 Å². The van der Waals surface area contributed by atoms with Gasteiger partial charge in [-0.15, -0.1) is 0 Å². The van der Waals surface area contributed by atoms with E-state index in [-0.39, 0.29) is 5.84 Å². The van der Waals surface area contributed by atoms with Crippen molar-refractivity contribution in [2.45, 2.75) is 0 Å². The maximum absolute atomic E-state index is 8.46. The van der Waals surface area contributed by atoms with Crippen LogP contribution in [0, 0.1) is 5.41 Å². The Hall–Kier alpha value is -4.31. The van der Waals surface area contributed by atoms with Crippen molar-refractivity contribution in [3.63, 3.8) is 0 Å². The van der Waals surface area contributed by atoms with Crippen LogP contribution in [-0.4, -0.2) is 22.6 Å². The summed E-state index contributed by atoms with van der Waals surface area (Å²) in [7, 11) is 0. The second-order valence-electron chi connectivity index (χ2n) is 7.16. The number of nitrogens with one attached hydrogen (secondary N) is 1. The molecule has 0 saturated carbocycles. The molecule has 5 rings (SSSR count). The van der Waals surface area contributed by atoms with E-state index in [9.17, 15) is 0 Å². The molecule has 0 aliphatic rings. The molecule has 4 nitrogen and oxygen atoms in total. The molecule has 0 aliphatic heterocycles. The number of hydrogen-bond donors (Lipinski definition) is 1. The summed E-state index contributed by atoms with van der Waals surface area (Å²) in [6.45, 7) is 0. The van der Waals surface area contributed by atoms with Crippen molar-refractivity contribution in [2.75, 3.05) is 0 Å². The average Bonchev–Trinajstić information content (AvgIpc) is 3.16. The van der Waals surface area contributed by atoms with E-state index < -0.39 is 0 Å². The highest BCUT2D eigenvalue weighted by Gasteiger charge is 2.09. The van der Waals surface area contributed by atoms with Gasteiger partial charge in [-0.05, 0) is 12.1 Å². The normalized spacial score (nSPS) is 12.1. The van der Waals surface area contributed by atoms with Crippen LogP contribution in [0.25, 0.3) is 21.8 Å². The summed E-state index contributed by atoms with van der Waals surface area (Å²) < 4.78 is 2.08. The molecule has 1 N–H and O–H groups in total. The Kier molecular flexibility index (Phi) is 4.95. The summed E-state index contributed by atoms with van der Waals surface area (Å²) in [5.41, 5.74) is 3.78. The fraction of sp³-hybridized carbons (Fsp3) is 0. The van der Waals surface area contributed by atoms with Crippen molar-refractivity contribution < 1.29 is 0 Å². The monoisotopic (exact) mass is 400 g/mol. The minimum Gasteiger partial charge on any atom is -0.300 e. The molecule has 0 radical (unpaired) electrons. The van der Waals surface area contributed by atoms with Crippen LogP contribution < -0.4 is 0 Å². The highest BCUT2D eigenvalue weighted by Crippen LogP contribution is 2.27. The van der Waals surface area contributed by atoms with Gasteiger partial charge in [0.15, 0.2) is 11.7 Å². The number of aliphatic imine (C=N–C) groups is 2. The van der Waals surface area contributed by atoms with Gasteiger partial charge in [0.05, 0.1) is 11.0 Å². The van der Waals surface area contributed by atoms with Gasteiger partial charge in [-0.2, -0.15) is 0 Å². The van der Waals surface area contributed by atoms with E-state index in [1.165, 1.54) is 10.8 Å². The maximum Gasteiger partial charge on any atom is 0.163 e. The molecule has 4 heteroatoms. The third-order valence-electron chi connectivity index (χ3n) is 5.21. The lowest BCUT2D eigenvalue weighted by molar-refractivity contribution is 1.31. The minimum atomic E-state index is 0.179. The second-order valence-corrected chi connectivity index (χ2v) is 7.16. The highest BCUT2D eigenvalue weighted by atomic mass is 15.1. The number of para-hydroxylation sites is 2. The Morgan fingerprint density at radius 1 is 0.613 bits per heavy atom. The molecule has 0 unspecified atom stereocenters. The molecule has 0 saturated heterocycles. The van der Waals surface area contributed by atoms with Crippen molar-refractivity contribution >= 4 is 39.8 Å². The van der Waals surface area contributed by atoms with Crippen LogP contribution in [0.1, 0.15) is 11.1 Å². The first-order chi connectivity index (χ1) is 15.3. The molecule has 1 aromatic heterocycles. The molecule has 1 heterocycles. The smallest absolute Gasteiger partial charge is 0.163 e. The molecule has 0 fully saturated rings. The van der Waals surface area contributed by atoms with Crippen LogP contribution in [0.5, 0.6) is 0 Å². The van der Waals surface area contributed by atoms with Crippen LogP contribution in [0.4, 0.5) is 0 Å². The molecule has 148 valence electrons. The lowest BCUT2D eigenvalue weighted by Crippen LogP contribution is -2.06. The Morgan fingerprint density at radius 3 is 1.68 bits per heavy atom. The molecule has 0 amide bonds. The SMILES string of the molecule is N=C(N=C(N=Cn1c2ccccc2c2ccccc21)c1ccccc1)c1ccccc1. The quantitative estimate of drug-likeness (QED) is 0.279. The lowest BCUT2D eigenvalue weighted by Gasteiger charge is -2.05. The van der Waals surface area contributed by atoms with E-state index in [1.807, 2.05) is 84.9 Å². The Morgan fingerprint density at radius 2 is 1.10 bits per heavy atom. The van der Waals surface area contributed by atoms with Crippen molar-refractivity contribution in [2.24, 2.45) is 9.98 Å². The first-order valence-electron chi connectivity index (χ1n) is 10.1. The zero-order chi connectivity index (χ0) is 21.0. The second kappa shape index (κ2) is 8.20. The molecule has 0 bridgehead atoms. The predicted octanol–water partition coefficient (Wildman–Crippen LogP) is 6.14. The first-order valence-corrected chi connectivity index (χ1v) is 10.1. The van der Waals surface area contributed by atoms with Crippen LogP contribution in [-0.2, 0) is 0 Å². The van der Waals surface area contributed by atoms with Gasteiger partial charge in [0.1, 0.15) is 6.34 Å². The van der Waals surface area contributed by atoms with Gasteiger partial charge in [-0.1, -0.05) is 97.1 Å². The highest BCUT2D eigenvalue weighted by molar-refractivity contribution is 6.15. The molecular formula is C27H20N4. The van der Waals surface area contributed by atoms with Gasteiger partial charge >= 0.3 is 0 Å². The van der Waals surface area contributed by atoms with E-state index in [2.05, 4.69) is 33.8 Å². The van der Waals surface area contributed by atoms with Crippen LogP contribution in [0.3, 0.4) is 0 Å². The average molecular weight is 400 g/mol. The number of aromatic nitrogens is 1. The third kappa shape index (κ3) is 3.67. The fourth-order valence-corrected chi connectivity index (χ4v) is 3.71. The summed E-state index contributed by atoms with van der Waals surface area (Å²) in [6.07, 6.45) is 1.80. The van der Waals surface area contributed by atoms with E-state index in [1.54, 1.807) is 6.34 Å². The molecule has 31 heavy (non-hydrogen) atoms. The van der Waals surface area contributed by atoms with Crippen molar-refractivity contribution in [1.29, 1.82) is 5.41 Å². The van der Waals surface area contributed by atoms with Crippen molar-refractivity contribution in [3.8, 4) is 0 Å². The summed E-state index contributed by atoms with van der Waals surface area (Å²) in [5, 5.41) is 10.8. The zero-order valence-electron chi connectivity index (χ0n) is 16.8. The van der Waals surface area contributed by atoms with Crippen LogP contribution in [0.2, 0.25) is 0 Å². The minimum absolute atomic E-state index is 0.179. The van der Waals surface area contributed by atoms with E-state index >= 15 is 0 Å². The third-order valence-corrected chi connectivity index (χ3v) is 5.21. The van der Waals surface area contributed by atoms with Gasteiger partial charge in [0.25, 0.3) is 0 Å². The number of amidine groups is 2. The number of nitrogens with zero attached hydrogens (tertiary/aromatic N) is 3. The van der Waals surface area contributed by atoms with Crippen molar-refractivity contribution in [1.82, 2.24) is 4.57 Å². The van der Waals surface area contributed by atoms with Crippen molar-refractivity contribution in [3.05, 3.63) is 120 Å². The standard InChI is InChI=1S/C27H20N4/c28-26(20-11-3-1-4-12-20)30-27(21-13-5-2-6-14-21)29-19-31-24-17-9-7-15-22(24)23-16-8-10-18-25(23)31/h1-19,28H. The van der Waals surface area contributed by atoms with Crippen LogP contribution in [0.15, 0.2) is 119 Å². The maximum atomic E-state index is 8.46. The van der Waals surface area contributed by atoms with E-state index in [0.29, 0.717) is 5.84 Å². The Bertz CT molecular complexity index is 1370. The molecule has 0 aliphatic carbocycles. The van der Waals surface area contributed by atoms with E-state index in [0.717, 1.165) is 22.2 Å². The van der Waals surface area contributed by atoms with Gasteiger partial charge in [0, 0.05) is 21.9 Å². The summed E-state index contributed by atoms with van der Waals surface area (Å²) in [5.74, 6) is 0.676. The van der Waals surface area contributed by atoms with Gasteiger partial charge < -0.3 is 0 Å². The Balaban J connectivity index is 1.64. The van der Waals surface area contributed by atoms with Crippen LogP contribution >= 0.6 is 0 Å². The number of fused-ring (bicyclic) bond motifs is 3. The summed E-state index contributed by atoms with van der Waals surface area (Å²) in [6, 6.07) is 35.9. The van der Waals surface area contributed by atoms with Gasteiger partial charge in [-0.25, -0.2) is 9.98 Å². The summed E-state index contributed by atoms with van der Waals surface area (Å²) in [4.78, 5) is 9.31. The molecule has 0 spiro atoms. The number of hydrogen-bond acceptors (Lipinski definition) is 1. The molecule has 4 aromatic carbocycles. The molecular weight excluding hydrogens is 380 g/mol. The van der Waals surface area contributed by atoms with E-state index in [4.69, 9.17) is 10.4 Å². The zero-order valence-corrected chi connectivity index (χ0v) is 16.8. The number of rotatable bonds is 3. The topological polar surface area (TPSA) is 53.5 Å².